The maximum Gasteiger partial charge on any atom is 0.225 e. The average molecular weight is 352 g/mol. The summed E-state index contributed by atoms with van der Waals surface area (Å²) in [6, 6.07) is -0.241. The second-order valence-electron chi connectivity index (χ2n) is 6.08. The predicted molar refractivity (Wildman–Crippen MR) is 83.6 cm³/mol. The summed E-state index contributed by atoms with van der Waals surface area (Å²) in [5, 5.41) is 0. The Bertz CT molecular complexity index is 621. The Morgan fingerprint density at radius 3 is 2.27 bits per heavy atom. The van der Waals surface area contributed by atoms with Crippen molar-refractivity contribution in [3.8, 4) is 0 Å². The van der Waals surface area contributed by atoms with E-state index in [2.05, 4.69) is 0 Å². The van der Waals surface area contributed by atoms with Crippen LogP contribution in [0.4, 0.5) is 0 Å². The highest BCUT2D eigenvalue weighted by Crippen LogP contribution is 2.24. The molecule has 9 heteroatoms. The van der Waals surface area contributed by atoms with E-state index in [1.54, 1.807) is 18.9 Å². The number of sulfone groups is 1. The standard InChI is InChI=1S/C13H24N2O5S2/c1-3-22(19,20)15-7-4-11(5-8-15)13(16)14(2)12-6-9-21(17,18)10-12/h11-12H,3-10H2,1-2H3. The van der Waals surface area contributed by atoms with Crippen molar-refractivity contribution in [1.29, 1.82) is 0 Å². The molecule has 2 saturated heterocycles. The van der Waals surface area contributed by atoms with Gasteiger partial charge in [-0.25, -0.2) is 21.1 Å². The molecule has 0 N–H and O–H groups in total. The number of carbonyl (C=O) groups excluding carboxylic acids is 1. The van der Waals surface area contributed by atoms with Gasteiger partial charge in [-0.3, -0.25) is 4.79 Å². The minimum Gasteiger partial charge on any atom is -0.341 e. The zero-order valence-corrected chi connectivity index (χ0v) is 14.7. The lowest BCUT2D eigenvalue weighted by atomic mass is 9.96. The number of piperidine rings is 1. The number of hydrogen-bond acceptors (Lipinski definition) is 5. The highest BCUT2D eigenvalue weighted by molar-refractivity contribution is 7.91. The lowest BCUT2D eigenvalue weighted by molar-refractivity contribution is -0.137. The van der Waals surface area contributed by atoms with Crippen LogP contribution in [0, 0.1) is 5.92 Å². The molecule has 128 valence electrons. The summed E-state index contributed by atoms with van der Waals surface area (Å²) in [7, 11) is -4.55. The number of rotatable bonds is 4. The molecule has 2 aliphatic heterocycles. The summed E-state index contributed by atoms with van der Waals surface area (Å²) in [5.74, 6) is -0.0149. The third kappa shape index (κ3) is 3.80. The molecule has 0 bridgehead atoms. The molecule has 0 aliphatic carbocycles. The SMILES string of the molecule is CCS(=O)(=O)N1CCC(C(=O)N(C)C2CCS(=O)(=O)C2)CC1. The van der Waals surface area contributed by atoms with Crippen molar-refractivity contribution >= 4 is 25.8 Å². The number of amides is 1. The van der Waals surface area contributed by atoms with E-state index in [9.17, 15) is 21.6 Å². The molecular formula is C13H24N2O5S2. The second-order valence-corrected chi connectivity index (χ2v) is 10.6. The highest BCUT2D eigenvalue weighted by atomic mass is 32.2. The van der Waals surface area contributed by atoms with Crippen LogP contribution < -0.4 is 0 Å². The normalized spacial score (nSPS) is 26.9. The Hall–Kier alpha value is -0.670. The van der Waals surface area contributed by atoms with Gasteiger partial charge < -0.3 is 4.90 Å². The Balaban J connectivity index is 1.93. The van der Waals surface area contributed by atoms with Gasteiger partial charge in [0.05, 0.1) is 17.3 Å². The fraction of sp³-hybridized carbons (Fsp3) is 0.923. The van der Waals surface area contributed by atoms with Crippen LogP contribution in [0.1, 0.15) is 26.2 Å². The maximum absolute atomic E-state index is 12.5. The lowest BCUT2D eigenvalue weighted by Gasteiger charge is -2.34. The van der Waals surface area contributed by atoms with Crippen molar-refractivity contribution in [3.05, 3.63) is 0 Å². The van der Waals surface area contributed by atoms with Crippen molar-refractivity contribution < 1.29 is 21.6 Å². The van der Waals surface area contributed by atoms with Gasteiger partial charge in [-0.1, -0.05) is 0 Å². The first kappa shape index (κ1) is 17.7. The smallest absolute Gasteiger partial charge is 0.225 e. The van der Waals surface area contributed by atoms with Crippen LogP contribution in [0.2, 0.25) is 0 Å². The highest BCUT2D eigenvalue weighted by Gasteiger charge is 2.37. The van der Waals surface area contributed by atoms with E-state index in [4.69, 9.17) is 0 Å². The minimum absolute atomic E-state index is 0.0400. The van der Waals surface area contributed by atoms with Gasteiger partial charge in [0.25, 0.3) is 0 Å². The number of nitrogens with zero attached hydrogens (tertiary/aromatic N) is 2. The molecule has 0 spiro atoms. The van der Waals surface area contributed by atoms with Gasteiger partial charge in [0.2, 0.25) is 15.9 Å². The predicted octanol–water partition coefficient (Wildman–Crippen LogP) is -0.306. The molecule has 1 unspecified atom stereocenters. The van der Waals surface area contributed by atoms with Gasteiger partial charge in [0.15, 0.2) is 9.84 Å². The van der Waals surface area contributed by atoms with E-state index in [1.165, 1.54) is 4.31 Å². The molecular weight excluding hydrogens is 328 g/mol. The van der Waals surface area contributed by atoms with Crippen LogP contribution >= 0.6 is 0 Å². The van der Waals surface area contributed by atoms with Gasteiger partial charge in [-0.15, -0.1) is 0 Å². The van der Waals surface area contributed by atoms with Crippen LogP contribution in [-0.4, -0.2) is 75.4 Å². The third-order valence-electron chi connectivity index (χ3n) is 4.67. The Kier molecular flexibility index (Phi) is 5.18. The van der Waals surface area contributed by atoms with Crippen molar-refractivity contribution in [2.24, 2.45) is 5.92 Å². The Morgan fingerprint density at radius 2 is 1.82 bits per heavy atom. The molecule has 0 saturated carbocycles. The molecule has 7 nitrogen and oxygen atoms in total. The summed E-state index contributed by atoms with van der Waals surface area (Å²) in [6.45, 7) is 2.34. The van der Waals surface area contributed by atoms with Crippen molar-refractivity contribution in [2.75, 3.05) is 37.4 Å². The summed E-state index contributed by atoms with van der Waals surface area (Å²) >= 11 is 0. The van der Waals surface area contributed by atoms with Gasteiger partial charge in [0.1, 0.15) is 0 Å². The lowest BCUT2D eigenvalue weighted by Crippen LogP contribution is -2.46. The third-order valence-corrected chi connectivity index (χ3v) is 8.30. The van der Waals surface area contributed by atoms with Gasteiger partial charge in [-0.05, 0) is 26.2 Å². The number of carbonyl (C=O) groups is 1. The van der Waals surface area contributed by atoms with Crippen molar-refractivity contribution in [1.82, 2.24) is 9.21 Å². The second kappa shape index (κ2) is 6.45. The molecule has 1 amide bonds. The topological polar surface area (TPSA) is 91.8 Å². The zero-order chi connectivity index (χ0) is 16.5. The van der Waals surface area contributed by atoms with E-state index in [1.807, 2.05) is 0 Å². The fourth-order valence-corrected chi connectivity index (χ4v) is 6.02. The molecule has 2 fully saturated rings. The summed E-state index contributed by atoms with van der Waals surface area (Å²) in [4.78, 5) is 14.0. The molecule has 0 aromatic heterocycles. The first-order valence-electron chi connectivity index (χ1n) is 7.61. The van der Waals surface area contributed by atoms with Gasteiger partial charge in [0, 0.05) is 32.1 Å². The molecule has 2 rings (SSSR count). The van der Waals surface area contributed by atoms with Gasteiger partial charge in [-0.2, -0.15) is 0 Å². The van der Waals surface area contributed by atoms with Crippen molar-refractivity contribution in [3.63, 3.8) is 0 Å². The molecule has 0 radical (unpaired) electrons. The minimum atomic E-state index is -3.19. The average Bonchev–Trinajstić information content (AvgIpc) is 2.86. The zero-order valence-electron chi connectivity index (χ0n) is 13.1. The molecule has 0 aromatic rings. The summed E-state index contributed by atoms with van der Waals surface area (Å²) in [6.07, 6.45) is 1.50. The monoisotopic (exact) mass is 352 g/mol. The van der Waals surface area contributed by atoms with Crippen LogP contribution in [0.3, 0.4) is 0 Å². The van der Waals surface area contributed by atoms with E-state index >= 15 is 0 Å². The Morgan fingerprint density at radius 1 is 1.23 bits per heavy atom. The largest absolute Gasteiger partial charge is 0.341 e. The van der Waals surface area contributed by atoms with Crippen molar-refractivity contribution in [2.45, 2.75) is 32.2 Å². The molecule has 22 heavy (non-hydrogen) atoms. The van der Waals surface area contributed by atoms with Crippen LogP contribution in [0.25, 0.3) is 0 Å². The first-order chi connectivity index (χ1) is 10.2. The van der Waals surface area contributed by atoms with E-state index in [0.29, 0.717) is 32.4 Å². The Labute approximate surface area is 132 Å². The molecule has 2 aliphatic rings. The summed E-state index contributed by atoms with van der Waals surface area (Å²) in [5.41, 5.74) is 0. The van der Waals surface area contributed by atoms with E-state index in [-0.39, 0.29) is 35.1 Å². The van der Waals surface area contributed by atoms with E-state index in [0.717, 1.165) is 0 Å². The number of hydrogen-bond donors (Lipinski definition) is 0. The van der Waals surface area contributed by atoms with Crippen LogP contribution in [0.15, 0.2) is 0 Å². The quantitative estimate of drug-likeness (QED) is 0.692. The molecule has 2 heterocycles. The van der Waals surface area contributed by atoms with Crippen LogP contribution in [0.5, 0.6) is 0 Å². The summed E-state index contributed by atoms with van der Waals surface area (Å²) < 4.78 is 48.1. The maximum atomic E-state index is 12.5. The number of sulfonamides is 1. The van der Waals surface area contributed by atoms with Crippen LogP contribution in [-0.2, 0) is 24.7 Å². The molecule has 1 atom stereocenters. The first-order valence-corrected chi connectivity index (χ1v) is 11.0. The fourth-order valence-electron chi connectivity index (χ4n) is 3.11. The molecule has 0 aromatic carbocycles. The van der Waals surface area contributed by atoms with E-state index < -0.39 is 19.9 Å². The van der Waals surface area contributed by atoms with Gasteiger partial charge >= 0.3 is 0 Å².